The summed E-state index contributed by atoms with van der Waals surface area (Å²) in [6.07, 6.45) is 5.60. The minimum absolute atomic E-state index is 0.509. The van der Waals surface area contributed by atoms with Crippen LogP contribution in [0.4, 0.5) is 0 Å². The molecule has 14 heavy (non-hydrogen) atoms. The summed E-state index contributed by atoms with van der Waals surface area (Å²) < 4.78 is 5.28. The number of allylic oxidation sites excluding steroid dienone is 5. The first kappa shape index (κ1) is 10.4. The number of hydrogen-bond acceptors (Lipinski definition) is 3. The highest BCUT2D eigenvalue weighted by atomic mass is 16.4. The number of hydrogen-bond donors (Lipinski definition) is 0. The summed E-state index contributed by atoms with van der Waals surface area (Å²) in [5.74, 6) is 1.07. The van der Waals surface area contributed by atoms with Crippen molar-refractivity contribution < 1.29 is 4.42 Å². The Morgan fingerprint density at radius 2 is 2.00 bits per heavy atom. The first-order chi connectivity index (χ1) is 6.63. The summed E-state index contributed by atoms with van der Waals surface area (Å²) >= 11 is 0. The Balaban J connectivity index is 2.98. The second kappa shape index (κ2) is 4.56. The molecule has 0 bridgehead atoms. The van der Waals surface area contributed by atoms with E-state index in [0.29, 0.717) is 11.8 Å². The van der Waals surface area contributed by atoms with E-state index in [2.05, 4.69) is 16.8 Å². The van der Waals surface area contributed by atoms with E-state index >= 15 is 0 Å². The van der Waals surface area contributed by atoms with E-state index in [9.17, 15) is 0 Å². The lowest BCUT2D eigenvalue weighted by atomic mass is 10.2. The first-order valence-corrected chi connectivity index (χ1v) is 4.41. The van der Waals surface area contributed by atoms with Crippen LogP contribution in [0, 0.1) is 6.92 Å². The maximum Gasteiger partial charge on any atom is 0.247 e. The average molecular weight is 190 g/mol. The van der Waals surface area contributed by atoms with Gasteiger partial charge in [0.2, 0.25) is 11.8 Å². The van der Waals surface area contributed by atoms with Crippen molar-refractivity contribution in [3.05, 3.63) is 42.2 Å². The van der Waals surface area contributed by atoms with Gasteiger partial charge in [-0.25, -0.2) is 0 Å². The average Bonchev–Trinajstić information content (AvgIpc) is 2.53. The van der Waals surface area contributed by atoms with Gasteiger partial charge in [-0.1, -0.05) is 24.3 Å². The predicted octanol–water partition coefficient (Wildman–Crippen LogP) is 2.91. The fourth-order valence-electron chi connectivity index (χ4n) is 0.896. The summed E-state index contributed by atoms with van der Waals surface area (Å²) in [5, 5.41) is 7.67. The Kier molecular flexibility index (Phi) is 3.40. The predicted molar refractivity (Wildman–Crippen MR) is 56.6 cm³/mol. The Hall–Kier alpha value is -1.64. The van der Waals surface area contributed by atoms with E-state index < -0.39 is 0 Å². The van der Waals surface area contributed by atoms with Crippen LogP contribution in [0.25, 0.3) is 5.57 Å². The fourth-order valence-corrected chi connectivity index (χ4v) is 0.896. The minimum Gasteiger partial charge on any atom is -0.421 e. The van der Waals surface area contributed by atoms with Gasteiger partial charge in [0.15, 0.2) is 0 Å². The lowest BCUT2D eigenvalue weighted by Crippen LogP contribution is -1.80. The van der Waals surface area contributed by atoms with Crippen LogP contribution in [0.3, 0.4) is 0 Å². The number of rotatable bonds is 3. The fraction of sp³-hybridized carbons (Fsp3) is 0.273. The van der Waals surface area contributed by atoms with Crippen LogP contribution in [0.1, 0.15) is 25.6 Å². The Morgan fingerprint density at radius 1 is 1.29 bits per heavy atom. The smallest absolute Gasteiger partial charge is 0.247 e. The van der Waals surface area contributed by atoms with Crippen LogP contribution in [0.2, 0.25) is 0 Å². The number of aromatic nitrogens is 2. The van der Waals surface area contributed by atoms with E-state index in [-0.39, 0.29) is 0 Å². The minimum atomic E-state index is 0.509. The van der Waals surface area contributed by atoms with E-state index in [4.69, 9.17) is 4.42 Å². The zero-order valence-corrected chi connectivity index (χ0v) is 8.74. The zero-order valence-electron chi connectivity index (χ0n) is 8.74. The van der Waals surface area contributed by atoms with E-state index in [1.165, 1.54) is 5.57 Å². The second-order valence-electron chi connectivity index (χ2n) is 3.20. The molecule has 3 nitrogen and oxygen atoms in total. The molecule has 1 aromatic rings. The molecule has 0 radical (unpaired) electrons. The second-order valence-corrected chi connectivity index (χ2v) is 3.20. The highest BCUT2D eigenvalue weighted by molar-refractivity contribution is 5.69. The van der Waals surface area contributed by atoms with Gasteiger partial charge in [-0.15, -0.1) is 10.2 Å². The summed E-state index contributed by atoms with van der Waals surface area (Å²) in [4.78, 5) is 0. The number of nitrogens with zero attached hydrogens (tertiary/aromatic N) is 2. The van der Waals surface area contributed by atoms with Crippen LogP contribution >= 0.6 is 0 Å². The van der Waals surface area contributed by atoms with Gasteiger partial charge in [-0.2, -0.15) is 0 Å². The molecule has 3 heteroatoms. The maximum absolute atomic E-state index is 5.28. The SMILES string of the molecule is C=C/C(=C\C=C(C)C)c1nnc(C)o1. The van der Waals surface area contributed by atoms with Crippen LogP contribution in [-0.4, -0.2) is 10.2 Å². The molecule has 74 valence electrons. The Bertz CT molecular complexity index is 382. The van der Waals surface area contributed by atoms with Crippen molar-refractivity contribution in [1.82, 2.24) is 10.2 Å². The van der Waals surface area contributed by atoms with Crippen molar-refractivity contribution >= 4 is 5.57 Å². The highest BCUT2D eigenvalue weighted by Crippen LogP contribution is 2.13. The molecule has 1 rings (SSSR count). The van der Waals surface area contributed by atoms with Crippen molar-refractivity contribution in [2.24, 2.45) is 0 Å². The highest BCUT2D eigenvalue weighted by Gasteiger charge is 2.04. The van der Waals surface area contributed by atoms with Gasteiger partial charge < -0.3 is 4.42 Å². The summed E-state index contributed by atoms with van der Waals surface area (Å²) in [6.45, 7) is 9.51. The van der Waals surface area contributed by atoms with E-state index in [0.717, 1.165) is 5.57 Å². The molecule has 0 fully saturated rings. The van der Waals surface area contributed by atoms with E-state index in [1.807, 2.05) is 26.0 Å². The molecular formula is C11H14N2O. The molecule has 0 aromatic carbocycles. The van der Waals surface area contributed by atoms with Gasteiger partial charge in [0, 0.05) is 12.5 Å². The topological polar surface area (TPSA) is 38.9 Å². The van der Waals surface area contributed by atoms with Crippen LogP contribution in [0.15, 0.2) is 34.8 Å². The molecule has 0 N–H and O–H groups in total. The van der Waals surface area contributed by atoms with Gasteiger partial charge >= 0.3 is 0 Å². The molecule has 0 saturated carbocycles. The summed E-state index contributed by atoms with van der Waals surface area (Å²) in [7, 11) is 0. The molecule has 0 spiro atoms. The van der Waals surface area contributed by atoms with Crippen molar-refractivity contribution in [1.29, 1.82) is 0 Å². The van der Waals surface area contributed by atoms with Gasteiger partial charge in [-0.05, 0) is 19.9 Å². The molecule has 1 aromatic heterocycles. The lowest BCUT2D eigenvalue weighted by molar-refractivity contribution is 0.507. The lowest BCUT2D eigenvalue weighted by Gasteiger charge is -1.92. The van der Waals surface area contributed by atoms with Crippen LogP contribution < -0.4 is 0 Å². The van der Waals surface area contributed by atoms with Gasteiger partial charge in [0.1, 0.15) is 0 Å². The van der Waals surface area contributed by atoms with Crippen LogP contribution in [-0.2, 0) is 0 Å². The zero-order chi connectivity index (χ0) is 10.6. The van der Waals surface area contributed by atoms with Crippen molar-refractivity contribution in [2.75, 3.05) is 0 Å². The molecule has 0 aliphatic heterocycles. The molecule has 0 saturated heterocycles. The molecule has 0 aliphatic rings. The van der Waals surface area contributed by atoms with Gasteiger partial charge in [0.25, 0.3) is 0 Å². The third kappa shape index (κ3) is 2.69. The molecule has 0 aliphatic carbocycles. The van der Waals surface area contributed by atoms with Gasteiger partial charge in [0.05, 0.1) is 0 Å². The third-order valence-electron chi connectivity index (χ3n) is 1.59. The largest absolute Gasteiger partial charge is 0.421 e. The molecule has 1 heterocycles. The first-order valence-electron chi connectivity index (χ1n) is 4.41. The van der Waals surface area contributed by atoms with Crippen molar-refractivity contribution in [3.8, 4) is 0 Å². The van der Waals surface area contributed by atoms with Crippen LogP contribution in [0.5, 0.6) is 0 Å². The normalized spacial score (nSPS) is 11.2. The molecule has 0 unspecified atom stereocenters. The Morgan fingerprint density at radius 3 is 2.43 bits per heavy atom. The molecule has 0 atom stereocenters. The van der Waals surface area contributed by atoms with Gasteiger partial charge in [-0.3, -0.25) is 0 Å². The quantitative estimate of drug-likeness (QED) is 0.688. The standard InChI is InChI=1S/C11H14N2O/c1-5-10(7-6-8(2)3)11-13-12-9(4)14-11/h5-7H,1H2,2-4H3/b10-7+. The molecule has 0 amide bonds. The Labute approximate surface area is 83.8 Å². The third-order valence-corrected chi connectivity index (χ3v) is 1.59. The number of aryl methyl sites for hydroxylation is 1. The summed E-state index contributed by atoms with van der Waals surface area (Å²) in [6, 6.07) is 0. The van der Waals surface area contributed by atoms with Crippen molar-refractivity contribution in [3.63, 3.8) is 0 Å². The summed E-state index contributed by atoms with van der Waals surface area (Å²) in [5.41, 5.74) is 2.05. The molecular weight excluding hydrogens is 176 g/mol. The van der Waals surface area contributed by atoms with Crippen molar-refractivity contribution in [2.45, 2.75) is 20.8 Å². The monoisotopic (exact) mass is 190 g/mol. The maximum atomic E-state index is 5.28. The van der Waals surface area contributed by atoms with E-state index in [1.54, 1.807) is 13.0 Å².